The van der Waals surface area contributed by atoms with Crippen LogP contribution in [0.4, 0.5) is 5.69 Å². The first kappa shape index (κ1) is 12.3. The van der Waals surface area contributed by atoms with Crippen LogP contribution in [0.15, 0.2) is 18.5 Å². The molecule has 1 saturated heterocycles. The molecule has 1 aliphatic rings. The van der Waals surface area contributed by atoms with Crippen molar-refractivity contribution >= 4 is 5.69 Å². The molecule has 0 aliphatic carbocycles. The number of methoxy groups -OCH3 is 1. The predicted octanol–water partition coefficient (Wildman–Crippen LogP) is 1.54. The SMILES string of the molecule is COC1CCN(c2ccncc2CN)C(C)C1. The number of nitrogens with two attached hydrogens (primary N) is 1. The Morgan fingerprint density at radius 2 is 2.41 bits per heavy atom. The molecule has 2 N–H and O–H groups in total. The number of hydrogen-bond acceptors (Lipinski definition) is 4. The highest BCUT2D eigenvalue weighted by Gasteiger charge is 2.26. The summed E-state index contributed by atoms with van der Waals surface area (Å²) in [5.41, 5.74) is 8.11. The lowest BCUT2D eigenvalue weighted by molar-refractivity contribution is 0.0721. The standard InChI is InChI=1S/C13H21N3O/c1-10-7-12(17-2)4-6-16(10)13-3-5-15-9-11(13)8-14/h3,5,9-10,12H,4,6-8,14H2,1-2H3. The molecule has 1 aliphatic heterocycles. The van der Waals surface area contributed by atoms with Crippen LogP contribution in [0.2, 0.25) is 0 Å². The van der Waals surface area contributed by atoms with E-state index in [1.807, 2.05) is 12.4 Å². The maximum atomic E-state index is 5.76. The minimum Gasteiger partial charge on any atom is -0.381 e. The van der Waals surface area contributed by atoms with Gasteiger partial charge in [-0.25, -0.2) is 0 Å². The number of ether oxygens (including phenoxy) is 1. The third kappa shape index (κ3) is 2.58. The maximum Gasteiger partial charge on any atom is 0.0607 e. The Morgan fingerprint density at radius 1 is 1.59 bits per heavy atom. The first-order valence-electron chi connectivity index (χ1n) is 6.18. The van der Waals surface area contributed by atoms with Gasteiger partial charge in [0.25, 0.3) is 0 Å². The van der Waals surface area contributed by atoms with Crippen LogP contribution in [0.3, 0.4) is 0 Å². The minimum absolute atomic E-state index is 0.393. The quantitative estimate of drug-likeness (QED) is 0.863. The van der Waals surface area contributed by atoms with Gasteiger partial charge in [-0.15, -0.1) is 0 Å². The zero-order valence-corrected chi connectivity index (χ0v) is 10.6. The van der Waals surface area contributed by atoms with Crippen molar-refractivity contribution < 1.29 is 4.74 Å². The predicted molar refractivity (Wildman–Crippen MR) is 69.0 cm³/mol. The van der Waals surface area contributed by atoms with E-state index in [0.717, 1.165) is 24.9 Å². The van der Waals surface area contributed by atoms with Crippen LogP contribution in [0.25, 0.3) is 0 Å². The minimum atomic E-state index is 0.393. The zero-order chi connectivity index (χ0) is 12.3. The van der Waals surface area contributed by atoms with Gasteiger partial charge < -0.3 is 15.4 Å². The molecule has 4 nitrogen and oxygen atoms in total. The summed E-state index contributed by atoms with van der Waals surface area (Å²) in [4.78, 5) is 6.55. The fourth-order valence-electron chi connectivity index (χ4n) is 2.56. The number of pyridine rings is 1. The number of nitrogens with zero attached hydrogens (tertiary/aromatic N) is 2. The second-order valence-electron chi connectivity index (χ2n) is 4.63. The van der Waals surface area contributed by atoms with Crippen molar-refractivity contribution in [3.8, 4) is 0 Å². The van der Waals surface area contributed by atoms with Crippen LogP contribution in [0.5, 0.6) is 0 Å². The van der Waals surface area contributed by atoms with E-state index in [1.54, 1.807) is 7.11 Å². The normalized spacial score (nSPS) is 25.0. The third-order valence-corrected chi connectivity index (χ3v) is 3.57. The maximum absolute atomic E-state index is 5.76. The largest absolute Gasteiger partial charge is 0.381 e. The molecule has 0 amide bonds. The van der Waals surface area contributed by atoms with Crippen molar-refractivity contribution in [3.05, 3.63) is 24.0 Å². The highest BCUT2D eigenvalue weighted by Crippen LogP contribution is 2.28. The molecule has 0 aromatic carbocycles. The van der Waals surface area contributed by atoms with E-state index >= 15 is 0 Å². The van der Waals surface area contributed by atoms with Crippen molar-refractivity contribution in [2.24, 2.45) is 5.73 Å². The summed E-state index contributed by atoms with van der Waals surface area (Å²) in [6.07, 6.45) is 6.24. The fourth-order valence-corrected chi connectivity index (χ4v) is 2.56. The van der Waals surface area contributed by atoms with Gasteiger partial charge in [0.1, 0.15) is 0 Å². The topological polar surface area (TPSA) is 51.4 Å². The molecule has 1 aromatic rings. The first-order chi connectivity index (χ1) is 8.26. The first-order valence-corrected chi connectivity index (χ1v) is 6.18. The van der Waals surface area contributed by atoms with Crippen LogP contribution in [0.1, 0.15) is 25.3 Å². The fraction of sp³-hybridized carbons (Fsp3) is 0.615. The van der Waals surface area contributed by atoms with Crippen LogP contribution in [-0.2, 0) is 11.3 Å². The van der Waals surface area contributed by atoms with Gasteiger partial charge in [0.2, 0.25) is 0 Å². The molecule has 0 spiro atoms. The van der Waals surface area contributed by atoms with Gasteiger partial charge in [0, 0.05) is 49.9 Å². The number of rotatable bonds is 3. The van der Waals surface area contributed by atoms with E-state index in [9.17, 15) is 0 Å². The molecule has 2 rings (SSSR count). The Labute approximate surface area is 103 Å². The summed E-state index contributed by atoms with van der Waals surface area (Å²) in [6, 6.07) is 2.55. The lowest BCUT2D eigenvalue weighted by Crippen LogP contribution is -2.43. The van der Waals surface area contributed by atoms with Crippen molar-refractivity contribution in [2.75, 3.05) is 18.6 Å². The lowest BCUT2D eigenvalue weighted by atomic mass is 9.99. The summed E-state index contributed by atoms with van der Waals surface area (Å²) in [5.74, 6) is 0. The molecule has 4 heteroatoms. The van der Waals surface area contributed by atoms with Gasteiger partial charge in [0.15, 0.2) is 0 Å². The number of aromatic nitrogens is 1. The number of anilines is 1. The highest BCUT2D eigenvalue weighted by molar-refractivity contribution is 5.53. The second-order valence-corrected chi connectivity index (χ2v) is 4.63. The third-order valence-electron chi connectivity index (χ3n) is 3.57. The van der Waals surface area contributed by atoms with Crippen LogP contribution in [-0.4, -0.2) is 30.8 Å². The van der Waals surface area contributed by atoms with Gasteiger partial charge in [-0.1, -0.05) is 0 Å². The molecule has 0 radical (unpaired) electrons. The second kappa shape index (κ2) is 5.47. The molecule has 2 unspecified atom stereocenters. The van der Waals surface area contributed by atoms with Gasteiger partial charge in [0.05, 0.1) is 6.10 Å². The van der Waals surface area contributed by atoms with Gasteiger partial charge in [-0.3, -0.25) is 4.98 Å². The Balaban J connectivity index is 2.17. The Hall–Kier alpha value is -1.13. The molecular weight excluding hydrogens is 214 g/mol. The van der Waals surface area contributed by atoms with Crippen molar-refractivity contribution in [1.82, 2.24) is 4.98 Å². The summed E-state index contributed by atoms with van der Waals surface area (Å²) in [7, 11) is 1.80. The smallest absolute Gasteiger partial charge is 0.0607 e. The van der Waals surface area contributed by atoms with Crippen LogP contribution < -0.4 is 10.6 Å². The average molecular weight is 235 g/mol. The summed E-state index contributed by atoms with van der Waals surface area (Å²) in [5, 5.41) is 0. The Morgan fingerprint density at radius 3 is 3.06 bits per heavy atom. The van der Waals surface area contributed by atoms with E-state index in [1.165, 1.54) is 5.69 Å². The molecule has 1 fully saturated rings. The number of hydrogen-bond donors (Lipinski definition) is 1. The highest BCUT2D eigenvalue weighted by atomic mass is 16.5. The average Bonchev–Trinajstić information content (AvgIpc) is 2.38. The van der Waals surface area contributed by atoms with E-state index in [-0.39, 0.29) is 0 Å². The zero-order valence-electron chi connectivity index (χ0n) is 10.6. The van der Waals surface area contributed by atoms with Crippen LogP contribution in [0, 0.1) is 0 Å². The van der Waals surface area contributed by atoms with Crippen molar-refractivity contribution in [2.45, 2.75) is 38.5 Å². The molecular formula is C13H21N3O. The molecule has 2 heterocycles. The van der Waals surface area contributed by atoms with E-state index in [2.05, 4.69) is 22.9 Å². The van der Waals surface area contributed by atoms with E-state index in [0.29, 0.717) is 18.7 Å². The van der Waals surface area contributed by atoms with Gasteiger partial charge in [-0.2, -0.15) is 0 Å². The van der Waals surface area contributed by atoms with Crippen LogP contribution >= 0.6 is 0 Å². The summed E-state index contributed by atoms with van der Waals surface area (Å²) >= 11 is 0. The van der Waals surface area contributed by atoms with E-state index < -0.39 is 0 Å². The van der Waals surface area contributed by atoms with Gasteiger partial charge >= 0.3 is 0 Å². The molecule has 2 atom stereocenters. The molecule has 0 bridgehead atoms. The van der Waals surface area contributed by atoms with Crippen molar-refractivity contribution in [1.29, 1.82) is 0 Å². The summed E-state index contributed by atoms with van der Waals surface area (Å²) in [6.45, 7) is 3.81. The monoisotopic (exact) mass is 235 g/mol. The van der Waals surface area contributed by atoms with Crippen molar-refractivity contribution in [3.63, 3.8) is 0 Å². The lowest BCUT2D eigenvalue weighted by Gasteiger charge is -2.39. The molecule has 1 aromatic heterocycles. The molecule has 94 valence electrons. The Bertz CT molecular complexity index is 369. The molecule has 17 heavy (non-hydrogen) atoms. The summed E-state index contributed by atoms with van der Waals surface area (Å²) < 4.78 is 5.44. The Kier molecular flexibility index (Phi) is 3.97. The van der Waals surface area contributed by atoms with E-state index in [4.69, 9.17) is 10.5 Å². The number of piperidine rings is 1. The van der Waals surface area contributed by atoms with Gasteiger partial charge in [-0.05, 0) is 25.8 Å². The molecule has 0 saturated carbocycles.